The van der Waals surface area contributed by atoms with Crippen LogP contribution in [0.4, 0.5) is 0 Å². The number of aliphatic hydroxyl groups is 8. The molecular formula is C28H38N2O12Zn. The van der Waals surface area contributed by atoms with Gasteiger partial charge in [0.2, 0.25) is 0 Å². The number of hydrogen-bond donors (Lipinski definition) is 10. The minimum absolute atomic E-state index is 0. The van der Waals surface area contributed by atoms with Gasteiger partial charge in [-0.3, -0.25) is 9.98 Å². The van der Waals surface area contributed by atoms with Crippen molar-refractivity contribution in [3.8, 4) is 11.5 Å². The Kier molecular flexibility index (Phi) is 14.2. The van der Waals surface area contributed by atoms with E-state index in [0.717, 1.165) is 11.1 Å². The predicted molar refractivity (Wildman–Crippen MR) is 148 cm³/mol. The number of aliphatic imine (C=N–C) groups is 2. The molecule has 0 spiro atoms. The van der Waals surface area contributed by atoms with Crippen LogP contribution in [0.15, 0.2) is 46.4 Å². The van der Waals surface area contributed by atoms with Crippen LogP contribution in [0.25, 0.3) is 0 Å². The standard InChI is InChI=1S/2C14H19NO6.Zn/c2*1-7-2-3-8(9(17)4-7)5-15-11-13(19)12(18)10(6-16)21-14(11)20;/h2*2-5,10-14,16-20H,6H2,1H3;/t2*10-,11-,12-,13-,14?;/m11./s1. The van der Waals surface area contributed by atoms with Crippen LogP contribution < -0.4 is 0 Å². The molecular weight excluding hydrogens is 622 g/mol. The summed E-state index contributed by atoms with van der Waals surface area (Å²) in [6, 6.07) is 7.74. The van der Waals surface area contributed by atoms with Gasteiger partial charge in [0, 0.05) is 43.0 Å². The summed E-state index contributed by atoms with van der Waals surface area (Å²) < 4.78 is 9.98. The fourth-order valence-electron chi connectivity index (χ4n) is 4.35. The minimum Gasteiger partial charge on any atom is -0.507 e. The number of aryl methyl sites for hydroxylation is 2. The largest absolute Gasteiger partial charge is 0.507 e. The topological polar surface area (TPSA) is 245 Å². The van der Waals surface area contributed by atoms with Crippen LogP contribution in [0, 0.1) is 13.8 Å². The second-order valence-electron chi connectivity index (χ2n) is 10.1. The molecule has 0 radical (unpaired) electrons. The third-order valence-electron chi connectivity index (χ3n) is 6.88. The normalized spacial score (nSPS) is 32.7. The van der Waals surface area contributed by atoms with Crippen LogP contribution >= 0.6 is 0 Å². The summed E-state index contributed by atoms with van der Waals surface area (Å²) in [5, 5.41) is 96.3. The molecule has 0 aliphatic carbocycles. The number of benzene rings is 2. The van der Waals surface area contributed by atoms with Crippen molar-refractivity contribution in [2.24, 2.45) is 9.98 Å². The molecule has 2 aromatic rings. The molecule has 10 atom stereocenters. The minimum atomic E-state index is -1.45. The molecule has 2 fully saturated rings. The number of ether oxygens (including phenoxy) is 2. The Balaban J connectivity index is 0.000000293. The van der Waals surface area contributed by atoms with Crippen LogP contribution in [-0.4, -0.2) is 138 Å². The average molecular weight is 660 g/mol. The van der Waals surface area contributed by atoms with E-state index in [0.29, 0.717) is 11.1 Å². The van der Waals surface area contributed by atoms with E-state index in [4.69, 9.17) is 19.7 Å². The molecule has 4 rings (SSSR count). The molecule has 2 unspecified atom stereocenters. The Morgan fingerprint density at radius 3 is 1.28 bits per heavy atom. The molecule has 0 aromatic heterocycles. The van der Waals surface area contributed by atoms with Crippen LogP contribution in [0.3, 0.4) is 0 Å². The number of phenols is 2. The van der Waals surface area contributed by atoms with Crippen LogP contribution in [0.5, 0.6) is 11.5 Å². The summed E-state index contributed by atoms with van der Waals surface area (Å²) in [4.78, 5) is 7.95. The van der Waals surface area contributed by atoms with Gasteiger partial charge in [-0.1, -0.05) is 12.1 Å². The van der Waals surface area contributed by atoms with Gasteiger partial charge in [-0.15, -0.1) is 0 Å². The zero-order chi connectivity index (χ0) is 31.1. The van der Waals surface area contributed by atoms with Crippen LogP contribution in [-0.2, 0) is 29.0 Å². The van der Waals surface area contributed by atoms with E-state index in [1.807, 2.05) is 13.8 Å². The molecule has 0 saturated carbocycles. The molecule has 234 valence electrons. The average Bonchev–Trinajstić information content (AvgIpc) is 2.94. The molecule has 2 aliphatic heterocycles. The van der Waals surface area contributed by atoms with Gasteiger partial charge in [0.15, 0.2) is 12.6 Å². The van der Waals surface area contributed by atoms with E-state index in [1.165, 1.54) is 12.4 Å². The van der Waals surface area contributed by atoms with Gasteiger partial charge in [0.1, 0.15) is 60.2 Å². The SMILES string of the molecule is Cc1ccc(C=N[C@H]2C(O)O[C@H](CO)[C@@H](O)[C@@H]2O)c(O)c1.Cc1ccc(C=N[C@H]2C(O)O[C@H](CO)[C@@H](O)[C@@H]2O)c(O)c1.[Zn]. The molecule has 43 heavy (non-hydrogen) atoms. The predicted octanol–water partition coefficient (Wildman–Crippen LogP) is -2.16. The van der Waals surface area contributed by atoms with Crippen LogP contribution in [0.2, 0.25) is 0 Å². The maximum absolute atomic E-state index is 9.92. The Labute approximate surface area is 260 Å². The van der Waals surface area contributed by atoms with Crippen LogP contribution in [0.1, 0.15) is 22.3 Å². The Bertz CT molecular complexity index is 1140. The summed E-state index contributed by atoms with van der Waals surface area (Å²) in [5.74, 6) is 0.0430. The van der Waals surface area contributed by atoms with Crippen molar-refractivity contribution in [2.45, 2.75) is 75.1 Å². The third-order valence-corrected chi connectivity index (χ3v) is 6.88. The summed E-state index contributed by atoms with van der Waals surface area (Å²) in [5.41, 5.74) is 2.59. The number of rotatable bonds is 6. The molecule has 2 aliphatic rings. The first-order chi connectivity index (χ1) is 19.9. The summed E-state index contributed by atoms with van der Waals surface area (Å²) in [7, 11) is 0. The first-order valence-electron chi connectivity index (χ1n) is 13.1. The molecule has 2 aromatic carbocycles. The maximum Gasteiger partial charge on any atom is 0.180 e. The van der Waals surface area contributed by atoms with Gasteiger partial charge in [0.05, 0.1) is 13.2 Å². The zero-order valence-electron chi connectivity index (χ0n) is 23.7. The van der Waals surface area contributed by atoms with Gasteiger partial charge >= 0.3 is 0 Å². The van der Waals surface area contributed by atoms with Gasteiger partial charge < -0.3 is 60.5 Å². The summed E-state index contributed by atoms with van der Waals surface area (Å²) in [6.45, 7) is 2.61. The monoisotopic (exact) mass is 658 g/mol. The maximum atomic E-state index is 9.92. The van der Waals surface area contributed by atoms with Crippen molar-refractivity contribution in [1.82, 2.24) is 0 Å². The van der Waals surface area contributed by atoms with E-state index in [-0.39, 0.29) is 31.0 Å². The number of aromatic hydroxyl groups is 2. The Morgan fingerprint density at radius 2 is 0.977 bits per heavy atom. The molecule has 15 heteroatoms. The van der Waals surface area contributed by atoms with Gasteiger partial charge in [-0.2, -0.15) is 0 Å². The first kappa shape index (κ1) is 36.8. The quantitative estimate of drug-likeness (QED) is 0.118. The van der Waals surface area contributed by atoms with E-state index in [9.17, 15) is 40.9 Å². The molecule has 0 bridgehead atoms. The third kappa shape index (κ3) is 9.30. The molecule has 10 N–H and O–H groups in total. The number of aliphatic hydroxyl groups excluding tert-OH is 8. The first-order valence-corrected chi connectivity index (χ1v) is 13.1. The van der Waals surface area contributed by atoms with Gasteiger partial charge in [-0.05, 0) is 49.2 Å². The van der Waals surface area contributed by atoms with Crippen molar-refractivity contribution >= 4 is 12.4 Å². The smallest absolute Gasteiger partial charge is 0.180 e. The molecule has 14 nitrogen and oxygen atoms in total. The fraction of sp³-hybridized carbons (Fsp3) is 0.500. The number of phenolic OH excluding ortho intramolecular Hbond substituents is 2. The molecule has 2 heterocycles. The second-order valence-corrected chi connectivity index (χ2v) is 10.1. The summed E-state index contributed by atoms with van der Waals surface area (Å²) >= 11 is 0. The van der Waals surface area contributed by atoms with E-state index < -0.39 is 74.5 Å². The van der Waals surface area contributed by atoms with E-state index in [1.54, 1.807) is 36.4 Å². The van der Waals surface area contributed by atoms with E-state index in [2.05, 4.69) is 9.98 Å². The number of nitrogens with zero attached hydrogens (tertiary/aromatic N) is 2. The molecule has 0 amide bonds. The number of hydrogen-bond acceptors (Lipinski definition) is 14. The fourth-order valence-corrected chi connectivity index (χ4v) is 4.35. The van der Waals surface area contributed by atoms with Crippen molar-refractivity contribution in [3.63, 3.8) is 0 Å². The molecule has 2 saturated heterocycles. The van der Waals surface area contributed by atoms with Crippen molar-refractivity contribution in [1.29, 1.82) is 0 Å². The van der Waals surface area contributed by atoms with E-state index >= 15 is 0 Å². The summed E-state index contributed by atoms with van der Waals surface area (Å²) in [6.07, 6.45) is -7.91. The van der Waals surface area contributed by atoms with Gasteiger partial charge in [-0.25, -0.2) is 0 Å². The van der Waals surface area contributed by atoms with Crippen molar-refractivity contribution in [2.75, 3.05) is 13.2 Å². The second kappa shape index (κ2) is 16.6. The van der Waals surface area contributed by atoms with Crippen molar-refractivity contribution in [3.05, 3.63) is 58.7 Å². The van der Waals surface area contributed by atoms with Crippen molar-refractivity contribution < 1.29 is 80.0 Å². The Morgan fingerprint density at radius 1 is 0.628 bits per heavy atom. The van der Waals surface area contributed by atoms with Gasteiger partial charge in [0.25, 0.3) is 0 Å². The Hall–Kier alpha value is -2.40. The zero-order valence-corrected chi connectivity index (χ0v) is 26.7.